The maximum Gasteiger partial charge on any atom is 0.326 e. The molecule has 0 saturated carbocycles. The molecule has 0 spiro atoms. The van der Waals surface area contributed by atoms with Crippen LogP contribution < -0.4 is 10.5 Å². The van der Waals surface area contributed by atoms with Crippen molar-refractivity contribution in [2.75, 3.05) is 13.7 Å². The van der Waals surface area contributed by atoms with E-state index in [1.807, 2.05) is 0 Å². The molecule has 0 saturated heterocycles. The van der Waals surface area contributed by atoms with Crippen LogP contribution in [0.15, 0.2) is 18.2 Å². The molecule has 1 aromatic carbocycles. The number of methoxy groups -OCH3 is 1. The van der Waals surface area contributed by atoms with Crippen LogP contribution in [0.3, 0.4) is 0 Å². The van der Waals surface area contributed by atoms with Gasteiger partial charge in [0.2, 0.25) is 0 Å². The third-order valence-corrected chi connectivity index (χ3v) is 2.29. The molecule has 0 amide bonds. The highest BCUT2D eigenvalue weighted by Gasteiger charge is 2.15. The van der Waals surface area contributed by atoms with Crippen LogP contribution in [0.5, 0.6) is 5.75 Å². The SMILES string of the molecule is COC(=O)C(N)COc1ccc([N+](=O)[O-])cc1C. The molecule has 7 heteroatoms. The lowest BCUT2D eigenvalue weighted by Gasteiger charge is -2.12. The van der Waals surface area contributed by atoms with E-state index < -0.39 is 16.9 Å². The van der Waals surface area contributed by atoms with Gasteiger partial charge in [-0.2, -0.15) is 0 Å². The maximum atomic E-state index is 11.0. The van der Waals surface area contributed by atoms with Gasteiger partial charge in [0.05, 0.1) is 12.0 Å². The molecule has 0 radical (unpaired) electrons. The van der Waals surface area contributed by atoms with Crippen LogP contribution in [0.25, 0.3) is 0 Å². The van der Waals surface area contributed by atoms with Gasteiger partial charge in [-0.05, 0) is 18.6 Å². The average Bonchev–Trinajstić information content (AvgIpc) is 2.35. The Morgan fingerprint density at radius 1 is 1.56 bits per heavy atom. The van der Waals surface area contributed by atoms with Gasteiger partial charge in [-0.25, -0.2) is 0 Å². The topological polar surface area (TPSA) is 105 Å². The predicted octanol–water partition coefficient (Wildman–Crippen LogP) is 0.782. The number of benzene rings is 1. The zero-order valence-electron chi connectivity index (χ0n) is 10.1. The molecule has 2 N–H and O–H groups in total. The largest absolute Gasteiger partial charge is 0.491 e. The lowest BCUT2D eigenvalue weighted by Crippen LogP contribution is -2.37. The molecule has 0 fully saturated rings. The van der Waals surface area contributed by atoms with Gasteiger partial charge < -0.3 is 15.2 Å². The van der Waals surface area contributed by atoms with Crippen molar-refractivity contribution in [1.82, 2.24) is 0 Å². The van der Waals surface area contributed by atoms with Crippen LogP contribution in [-0.4, -0.2) is 30.7 Å². The van der Waals surface area contributed by atoms with E-state index in [1.165, 1.54) is 25.3 Å². The molecule has 0 heterocycles. The number of carbonyl (C=O) groups is 1. The molecule has 0 aliphatic carbocycles. The monoisotopic (exact) mass is 254 g/mol. The van der Waals surface area contributed by atoms with Gasteiger partial charge in [0.15, 0.2) is 0 Å². The molecule has 98 valence electrons. The number of nitro groups is 1. The van der Waals surface area contributed by atoms with E-state index in [2.05, 4.69) is 4.74 Å². The highest BCUT2D eigenvalue weighted by molar-refractivity contribution is 5.75. The lowest BCUT2D eigenvalue weighted by molar-refractivity contribution is -0.384. The molecule has 1 rings (SSSR count). The molecule has 1 atom stereocenters. The predicted molar refractivity (Wildman–Crippen MR) is 63.3 cm³/mol. The highest BCUT2D eigenvalue weighted by Crippen LogP contribution is 2.23. The first-order valence-electron chi connectivity index (χ1n) is 5.17. The minimum Gasteiger partial charge on any atom is -0.491 e. The smallest absolute Gasteiger partial charge is 0.326 e. The van der Waals surface area contributed by atoms with Crippen molar-refractivity contribution in [3.63, 3.8) is 0 Å². The van der Waals surface area contributed by atoms with Gasteiger partial charge in [0.25, 0.3) is 5.69 Å². The van der Waals surface area contributed by atoms with Crippen LogP contribution in [0, 0.1) is 17.0 Å². The number of aryl methyl sites for hydroxylation is 1. The molecule has 7 nitrogen and oxygen atoms in total. The second kappa shape index (κ2) is 5.97. The Kier molecular flexibility index (Phi) is 4.61. The first-order valence-corrected chi connectivity index (χ1v) is 5.17. The van der Waals surface area contributed by atoms with E-state index >= 15 is 0 Å². The highest BCUT2D eigenvalue weighted by atomic mass is 16.6. The molecule has 1 aromatic rings. The van der Waals surface area contributed by atoms with Crippen molar-refractivity contribution in [3.8, 4) is 5.75 Å². The number of non-ortho nitro benzene ring substituents is 1. The summed E-state index contributed by atoms with van der Waals surface area (Å²) in [5.74, 6) is -0.130. The number of rotatable bonds is 5. The van der Waals surface area contributed by atoms with Gasteiger partial charge >= 0.3 is 5.97 Å². The van der Waals surface area contributed by atoms with Gasteiger partial charge in [-0.3, -0.25) is 14.9 Å². The van der Waals surface area contributed by atoms with Crippen molar-refractivity contribution in [2.45, 2.75) is 13.0 Å². The van der Waals surface area contributed by atoms with Gasteiger partial charge in [0.1, 0.15) is 18.4 Å². The number of nitrogens with zero attached hydrogens (tertiary/aromatic N) is 1. The van der Waals surface area contributed by atoms with E-state index in [0.29, 0.717) is 11.3 Å². The van der Waals surface area contributed by atoms with E-state index in [9.17, 15) is 14.9 Å². The summed E-state index contributed by atoms with van der Waals surface area (Å²) in [5.41, 5.74) is 6.08. The van der Waals surface area contributed by atoms with Crippen molar-refractivity contribution in [1.29, 1.82) is 0 Å². The second-order valence-corrected chi connectivity index (χ2v) is 3.65. The Morgan fingerprint density at radius 2 is 2.22 bits per heavy atom. The van der Waals surface area contributed by atoms with E-state index in [-0.39, 0.29) is 12.3 Å². The van der Waals surface area contributed by atoms with Crippen molar-refractivity contribution in [2.24, 2.45) is 5.73 Å². The molecule has 0 aromatic heterocycles. The summed E-state index contributed by atoms with van der Waals surface area (Å²) in [6.07, 6.45) is 0. The third kappa shape index (κ3) is 3.42. The summed E-state index contributed by atoms with van der Waals surface area (Å²) in [4.78, 5) is 21.1. The first-order chi connectivity index (χ1) is 8.45. The van der Waals surface area contributed by atoms with Gasteiger partial charge in [-0.1, -0.05) is 0 Å². The van der Waals surface area contributed by atoms with Crippen LogP contribution in [0.2, 0.25) is 0 Å². The van der Waals surface area contributed by atoms with Gasteiger partial charge in [-0.15, -0.1) is 0 Å². The number of nitrogens with two attached hydrogens (primary N) is 1. The Bertz CT molecular complexity index is 461. The molecular weight excluding hydrogens is 240 g/mol. The third-order valence-electron chi connectivity index (χ3n) is 2.29. The van der Waals surface area contributed by atoms with Crippen molar-refractivity contribution >= 4 is 11.7 Å². The zero-order chi connectivity index (χ0) is 13.7. The Labute approximate surface area is 104 Å². The fourth-order valence-electron chi connectivity index (χ4n) is 1.31. The number of carbonyl (C=O) groups excluding carboxylic acids is 1. The minimum absolute atomic E-state index is 0.0166. The maximum absolute atomic E-state index is 11.0. The number of ether oxygens (including phenoxy) is 2. The van der Waals surface area contributed by atoms with Crippen molar-refractivity contribution < 1.29 is 19.2 Å². The summed E-state index contributed by atoms with van der Waals surface area (Å²) in [7, 11) is 1.24. The van der Waals surface area contributed by atoms with E-state index in [0.717, 1.165) is 0 Å². The molecule has 0 bridgehead atoms. The van der Waals surface area contributed by atoms with E-state index in [4.69, 9.17) is 10.5 Å². The van der Waals surface area contributed by atoms with Crippen LogP contribution in [0.4, 0.5) is 5.69 Å². The van der Waals surface area contributed by atoms with Crippen LogP contribution >= 0.6 is 0 Å². The number of nitro benzene ring substituents is 1. The average molecular weight is 254 g/mol. The number of hydrogen-bond acceptors (Lipinski definition) is 6. The van der Waals surface area contributed by atoms with Crippen LogP contribution in [0.1, 0.15) is 5.56 Å². The summed E-state index contributed by atoms with van der Waals surface area (Å²) in [5, 5.41) is 10.5. The van der Waals surface area contributed by atoms with E-state index in [1.54, 1.807) is 6.92 Å². The van der Waals surface area contributed by atoms with Crippen LogP contribution in [-0.2, 0) is 9.53 Å². The number of hydrogen-bond donors (Lipinski definition) is 1. The Hall–Kier alpha value is -2.15. The fourth-order valence-corrected chi connectivity index (χ4v) is 1.31. The van der Waals surface area contributed by atoms with Crippen molar-refractivity contribution in [3.05, 3.63) is 33.9 Å². The molecule has 1 unspecified atom stereocenters. The summed E-state index contributed by atoms with van der Waals surface area (Å²) >= 11 is 0. The van der Waals surface area contributed by atoms with Gasteiger partial charge in [0, 0.05) is 12.1 Å². The molecule has 18 heavy (non-hydrogen) atoms. The summed E-state index contributed by atoms with van der Waals surface area (Å²) in [6.45, 7) is 1.62. The quantitative estimate of drug-likeness (QED) is 0.473. The molecular formula is C11H14N2O5. The zero-order valence-corrected chi connectivity index (χ0v) is 10.1. The molecule has 0 aliphatic rings. The fraction of sp³-hybridized carbons (Fsp3) is 0.364. The summed E-state index contributed by atoms with van der Waals surface area (Å²) in [6, 6.07) is 3.30. The molecule has 0 aliphatic heterocycles. The number of esters is 1. The lowest BCUT2D eigenvalue weighted by atomic mass is 10.2. The summed E-state index contributed by atoms with van der Waals surface area (Å²) < 4.78 is 9.76. The first kappa shape index (κ1) is 13.9. The Morgan fingerprint density at radius 3 is 2.72 bits per heavy atom. The Balaban J connectivity index is 2.69. The normalized spacial score (nSPS) is 11.7. The standard InChI is InChI=1S/C11H14N2O5/c1-7-5-8(13(15)16)3-4-10(7)18-6-9(12)11(14)17-2/h3-5,9H,6,12H2,1-2H3. The second-order valence-electron chi connectivity index (χ2n) is 3.65. The minimum atomic E-state index is -0.885.